The highest BCUT2D eigenvalue weighted by molar-refractivity contribution is 6.32. The van der Waals surface area contributed by atoms with Gasteiger partial charge in [-0.2, -0.15) is 0 Å². The van der Waals surface area contributed by atoms with Gasteiger partial charge in [-0.05, 0) is 18.2 Å². The molecule has 2 radical (unpaired) electrons. The minimum absolute atomic E-state index is 0.625. The topological polar surface area (TPSA) is 56.3 Å². The number of ether oxygens (including phenoxy) is 2. The molecule has 0 saturated heterocycles. The zero-order chi connectivity index (χ0) is 15.5. The molecule has 1 N–H and O–H groups in total. The van der Waals surface area contributed by atoms with Gasteiger partial charge in [-0.3, -0.25) is 0 Å². The Morgan fingerprint density at radius 1 is 1.00 bits per heavy atom. The fourth-order valence-corrected chi connectivity index (χ4v) is 2.24. The molecular weight excluding hydrogens is 277 g/mol. The molecule has 22 heavy (non-hydrogen) atoms. The van der Waals surface area contributed by atoms with Crippen molar-refractivity contribution in [3.63, 3.8) is 0 Å². The van der Waals surface area contributed by atoms with Crippen molar-refractivity contribution in [2.75, 3.05) is 19.5 Å². The molecule has 108 valence electrons. The van der Waals surface area contributed by atoms with E-state index in [1.165, 1.54) is 6.33 Å². The van der Waals surface area contributed by atoms with Crippen LogP contribution in [0.5, 0.6) is 11.5 Å². The maximum absolute atomic E-state index is 5.80. The molecule has 0 aliphatic rings. The Balaban J connectivity index is 2.09. The minimum Gasteiger partial charge on any atom is -0.493 e. The van der Waals surface area contributed by atoms with E-state index in [0.29, 0.717) is 22.8 Å². The lowest BCUT2D eigenvalue weighted by atomic mass is 9.96. The van der Waals surface area contributed by atoms with E-state index in [-0.39, 0.29) is 0 Å². The van der Waals surface area contributed by atoms with Crippen LogP contribution in [0.1, 0.15) is 0 Å². The van der Waals surface area contributed by atoms with Crippen LogP contribution in [0, 0.1) is 0 Å². The van der Waals surface area contributed by atoms with Gasteiger partial charge in [0.25, 0.3) is 0 Å². The molecule has 3 aromatic rings. The molecule has 0 unspecified atom stereocenters. The van der Waals surface area contributed by atoms with Crippen LogP contribution in [-0.2, 0) is 0 Å². The molecule has 0 atom stereocenters. The summed E-state index contributed by atoms with van der Waals surface area (Å²) < 4.78 is 10.6. The summed E-state index contributed by atoms with van der Waals surface area (Å²) in [6, 6.07) is 11.1. The maximum atomic E-state index is 5.80. The Morgan fingerprint density at radius 3 is 2.50 bits per heavy atom. The Labute approximate surface area is 129 Å². The van der Waals surface area contributed by atoms with Gasteiger partial charge in [0.15, 0.2) is 11.5 Å². The number of fused-ring (bicyclic) bond motifs is 1. The monoisotopic (exact) mass is 291 g/mol. The molecule has 0 spiro atoms. The van der Waals surface area contributed by atoms with Crippen molar-refractivity contribution in [3.05, 3.63) is 42.7 Å². The summed E-state index contributed by atoms with van der Waals surface area (Å²) in [6.07, 6.45) is 1.50. The Bertz CT molecular complexity index is 824. The van der Waals surface area contributed by atoms with E-state index >= 15 is 0 Å². The van der Waals surface area contributed by atoms with Crippen LogP contribution in [-0.4, -0.2) is 32.0 Å². The van der Waals surface area contributed by atoms with E-state index in [0.717, 1.165) is 16.6 Å². The van der Waals surface area contributed by atoms with Crippen LogP contribution >= 0.6 is 0 Å². The lowest BCUT2D eigenvalue weighted by molar-refractivity contribution is 0.356. The molecule has 5 nitrogen and oxygen atoms in total. The Morgan fingerprint density at radius 2 is 1.77 bits per heavy atom. The molecule has 0 aliphatic heterocycles. The fraction of sp³-hybridized carbons (Fsp3) is 0.125. The molecule has 1 aromatic heterocycles. The molecular formula is C16H14BN3O2. The predicted octanol–water partition coefficient (Wildman–Crippen LogP) is 2.18. The zero-order valence-electron chi connectivity index (χ0n) is 12.3. The molecule has 2 aromatic carbocycles. The van der Waals surface area contributed by atoms with Gasteiger partial charge in [0.2, 0.25) is 0 Å². The lowest BCUT2D eigenvalue weighted by Gasteiger charge is -2.12. The second-order valence-electron chi connectivity index (χ2n) is 4.70. The summed E-state index contributed by atoms with van der Waals surface area (Å²) in [5.74, 6) is 1.93. The van der Waals surface area contributed by atoms with Gasteiger partial charge in [0.1, 0.15) is 20.0 Å². The molecule has 0 aliphatic carbocycles. The van der Waals surface area contributed by atoms with Crippen molar-refractivity contribution in [1.29, 1.82) is 0 Å². The summed E-state index contributed by atoms with van der Waals surface area (Å²) in [4.78, 5) is 8.58. The fourth-order valence-electron chi connectivity index (χ4n) is 2.24. The molecule has 6 heteroatoms. The van der Waals surface area contributed by atoms with Gasteiger partial charge in [-0.15, -0.1) is 0 Å². The van der Waals surface area contributed by atoms with E-state index in [9.17, 15) is 0 Å². The summed E-state index contributed by atoms with van der Waals surface area (Å²) in [5, 5.41) is 4.08. The van der Waals surface area contributed by atoms with Crippen LogP contribution in [0.4, 0.5) is 11.5 Å². The van der Waals surface area contributed by atoms with E-state index in [2.05, 4.69) is 15.3 Å². The number of methoxy groups -OCH3 is 2. The van der Waals surface area contributed by atoms with Crippen LogP contribution in [0.2, 0.25) is 0 Å². The van der Waals surface area contributed by atoms with E-state index in [1.807, 2.05) is 36.4 Å². The zero-order valence-corrected chi connectivity index (χ0v) is 12.3. The van der Waals surface area contributed by atoms with E-state index in [4.69, 9.17) is 17.3 Å². The van der Waals surface area contributed by atoms with Crippen LogP contribution < -0.4 is 20.3 Å². The van der Waals surface area contributed by atoms with Gasteiger partial charge in [0, 0.05) is 17.1 Å². The van der Waals surface area contributed by atoms with Gasteiger partial charge >= 0.3 is 0 Å². The van der Waals surface area contributed by atoms with Crippen molar-refractivity contribution in [2.24, 2.45) is 0 Å². The van der Waals surface area contributed by atoms with E-state index < -0.39 is 0 Å². The van der Waals surface area contributed by atoms with Gasteiger partial charge in [-0.25, -0.2) is 9.97 Å². The first-order chi connectivity index (χ1) is 10.7. The number of nitrogens with zero attached hydrogens (tertiary/aromatic N) is 2. The molecule has 3 rings (SSSR count). The molecule has 0 amide bonds. The molecule has 1 heterocycles. The van der Waals surface area contributed by atoms with Crippen LogP contribution in [0.15, 0.2) is 42.7 Å². The molecule has 0 bridgehead atoms. The first kappa shape index (κ1) is 14.2. The first-order valence-electron chi connectivity index (χ1n) is 6.70. The van der Waals surface area contributed by atoms with Gasteiger partial charge in [0.05, 0.1) is 19.7 Å². The van der Waals surface area contributed by atoms with Crippen LogP contribution in [0.25, 0.3) is 10.9 Å². The van der Waals surface area contributed by atoms with Crippen molar-refractivity contribution >= 4 is 35.7 Å². The normalized spacial score (nSPS) is 10.5. The van der Waals surface area contributed by atoms with E-state index in [1.54, 1.807) is 14.2 Å². The smallest absolute Gasteiger partial charge is 0.162 e. The van der Waals surface area contributed by atoms with Crippen molar-refractivity contribution < 1.29 is 9.47 Å². The number of aromatic nitrogens is 2. The largest absolute Gasteiger partial charge is 0.493 e. The summed E-state index contributed by atoms with van der Waals surface area (Å²) in [5.41, 5.74) is 2.30. The van der Waals surface area contributed by atoms with Crippen LogP contribution in [0.3, 0.4) is 0 Å². The minimum atomic E-state index is 0.625. The quantitative estimate of drug-likeness (QED) is 0.747. The highest BCUT2D eigenvalue weighted by Crippen LogP contribution is 2.34. The third-order valence-corrected chi connectivity index (χ3v) is 3.29. The average molecular weight is 291 g/mol. The number of hydrogen-bond donors (Lipinski definition) is 1. The number of benzene rings is 2. The van der Waals surface area contributed by atoms with Crippen molar-refractivity contribution in [3.8, 4) is 11.5 Å². The SMILES string of the molecule is [B]c1cccc(Nc2ncnc3cc(OC)c(OC)cc23)c1. The predicted molar refractivity (Wildman–Crippen MR) is 87.8 cm³/mol. The summed E-state index contributed by atoms with van der Waals surface area (Å²) >= 11 is 0. The van der Waals surface area contributed by atoms with Gasteiger partial charge in [-0.1, -0.05) is 17.6 Å². The third kappa shape index (κ3) is 2.68. The number of rotatable bonds is 4. The Hall–Kier alpha value is -2.76. The first-order valence-corrected chi connectivity index (χ1v) is 6.70. The average Bonchev–Trinajstić information content (AvgIpc) is 2.54. The molecule has 0 saturated carbocycles. The number of hydrogen-bond acceptors (Lipinski definition) is 5. The highest BCUT2D eigenvalue weighted by Gasteiger charge is 2.11. The third-order valence-electron chi connectivity index (χ3n) is 3.29. The van der Waals surface area contributed by atoms with Gasteiger partial charge < -0.3 is 14.8 Å². The lowest BCUT2D eigenvalue weighted by Crippen LogP contribution is -2.03. The standard InChI is InChI=1S/C16H14BN3O2/c1-21-14-7-12-13(8-15(14)22-2)18-9-19-16(12)20-11-5-3-4-10(17)6-11/h3-9H,1-2H3,(H,18,19,20). The molecule has 0 fully saturated rings. The van der Waals surface area contributed by atoms with Crippen molar-refractivity contribution in [2.45, 2.75) is 0 Å². The summed E-state index contributed by atoms with van der Waals surface area (Å²) in [7, 11) is 8.99. The summed E-state index contributed by atoms with van der Waals surface area (Å²) in [6.45, 7) is 0. The number of anilines is 2. The second kappa shape index (κ2) is 5.93. The Kier molecular flexibility index (Phi) is 3.83. The van der Waals surface area contributed by atoms with Crippen molar-refractivity contribution in [1.82, 2.24) is 9.97 Å². The highest BCUT2D eigenvalue weighted by atomic mass is 16.5. The number of nitrogens with one attached hydrogen (secondary N) is 1. The maximum Gasteiger partial charge on any atom is 0.162 e. The second-order valence-corrected chi connectivity index (χ2v) is 4.70.